The van der Waals surface area contributed by atoms with Crippen LogP contribution < -0.4 is 5.32 Å². The highest BCUT2D eigenvalue weighted by molar-refractivity contribution is 5.32. The van der Waals surface area contributed by atoms with Crippen molar-refractivity contribution in [1.82, 2.24) is 5.32 Å². The van der Waals surface area contributed by atoms with Crippen molar-refractivity contribution in [3.63, 3.8) is 0 Å². The van der Waals surface area contributed by atoms with E-state index in [0.717, 1.165) is 19.1 Å². The molecule has 0 bridgehead atoms. The summed E-state index contributed by atoms with van der Waals surface area (Å²) in [5.74, 6) is 0.802. The molecule has 0 unspecified atom stereocenters. The number of benzene rings is 1. The summed E-state index contributed by atoms with van der Waals surface area (Å²) in [5.41, 5.74) is 2.98. The zero-order valence-electron chi connectivity index (χ0n) is 11.2. The zero-order chi connectivity index (χ0) is 12.4. The highest BCUT2D eigenvalue weighted by Gasteiger charge is 2.38. The van der Waals surface area contributed by atoms with Crippen molar-refractivity contribution in [1.29, 1.82) is 0 Å². The molecule has 0 amide bonds. The van der Waals surface area contributed by atoms with Crippen molar-refractivity contribution in [2.45, 2.75) is 43.6 Å². The number of ether oxygens (including phenoxy) is 1. The molecule has 98 valence electrons. The lowest BCUT2D eigenvalue weighted by molar-refractivity contribution is -0.0747. The number of hydrogen-bond donors (Lipinski definition) is 1. The monoisotopic (exact) mass is 245 g/mol. The van der Waals surface area contributed by atoms with Crippen molar-refractivity contribution in [3.8, 4) is 0 Å². The van der Waals surface area contributed by atoms with Crippen LogP contribution >= 0.6 is 0 Å². The molecule has 1 saturated heterocycles. The molecule has 1 N–H and O–H groups in total. The molecule has 1 aromatic carbocycles. The molecule has 18 heavy (non-hydrogen) atoms. The summed E-state index contributed by atoms with van der Waals surface area (Å²) in [6.45, 7) is 1.60. The Morgan fingerprint density at radius 2 is 1.72 bits per heavy atom. The molecule has 1 aromatic rings. The quantitative estimate of drug-likeness (QED) is 0.883. The molecule has 2 heteroatoms. The first-order valence-corrected chi connectivity index (χ1v) is 7.21. The largest absolute Gasteiger partial charge is 0.377 e. The van der Waals surface area contributed by atoms with Crippen molar-refractivity contribution >= 4 is 0 Å². The Morgan fingerprint density at radius 1 is 1.06 bits per heavy atom. The molecular formula is C16H23NO. The summed E-state index contributed by atoms with van der Waals surface area (Å²) in [6, 6.07) is 9.26. The molecule has 1 saturated carbocycles. The Kier molecular flexibility index (Phi) is 3.40. The summed E-state index contributed by atoms with van der Waals surface area (Å²) in [6.07, 6.45) is 6.98. The van der Waals surface area contributed by atoms with Gasteiger partial charge in [-0.25, -0.2) is 0 Å². The number of hydrogen-bond acceptors (Lipinski definition) is 2. The van der Waals surface area contributed by atoms with Crippen LogP contribution in [-0.2, 0) is 10.3 Å². The number of rotatable bonds is 3. The van der Waals surface area contributed by atoms with E-state index in [0.29, 0.717) is 0 Å². The minimum Gasteiger partial charge on any atom is -0.377 e. The van der Waals surface area contributed by atoms with Crippen LogP contribution in [-0.4, -0.2) is 20.3 Å². The molecule has 2 nitrogen and oxygen atoms in total. The van der Waals surface area contributed by atoms with Gasteiger partial charge in [0.15, 0.2) is 0 Å². The molecule has 1 aliphatic carbocycles. The van der Waals surface area contributed by atoms with Gasteiger partial charge < -0.3 is 10.1 Å². The van der Waals surface area contributed by atoms with Gasteiger partial charge in [0.2, 0.25) is 0 Å². The van der Waals surface area contributed by atoms with E-state index in [9.17, 15) is 0 Å². The molecule has 0 aromatic heterocycles. The van der Waals surface area contributed by atoms with E-state index in [4.69, 9.17) is 4.74 Å². The fraction of sp³-hybridized carbons (Fsp3) is 0.625. The third-order valence-corrected chi connectivity index (χ3v) is 4.72. The fourth-order valence-corrected chi connectivity index (χ4v) is 3.27. The summed E-state index contributed by atoms with van der Waals surface area (Å²) >= 11 is 0. The van der Waals surface area contributed by atoms with Crippen LogP contribution in [0.15, 0.2) is 24.3 Å². The lowest BCUT2D eigenvalue weighted by Crippen LogP contribution is -2.56. The smallest absolute Gasteiger partial charge is 0.0906 e. The van der Waals surface area contributed by atoms with E-state index in [1.165, 1.54) is 43.2 Å². The van der Waals surface area contributed by atoms with E-state index in [-0.39, 0.29) is 5.54 Å². The summed E-state index contributed by atoms with van der Waals surface area (Å²) in [4.78, 5) is 0. The molecule has 2 aliphatic rings. The third-order valence-electron chi connectivity index (χ3n) is 4.72. The summed E-state index contributed by atoms with van der Waals surface area (Å²) in [5, 5.41) is 3.41. The van der Waals surface area contributed by atoms with Crippen LogP contribution in [0.2, 0.25) is 0 Å². The standard InChI is InChI=1S/C16H23NO/c1-17-16(11-18-12-16)15-9-7-14(8-10-15)13-5-3-2-4-6-13/h7-10,13,17H,2-6,11-12H2,1H3. The maximum absolute atomic E-state index is 5.37. The molecular weight excluding hydrogens is 222 g/mol. The maximum Gasteiger partial charge on any atom is 0.0906 e. The normalized spacial score (nSPS) is 23.6. The molecule has 3 rings (SSSR count). The first-order valence-electron chi connectivity index (χ1n) is 7.21. The topological polar surface area (TPSA) is 21.3 Å². The molecule has 1 heterocycles. The minimum atomic E-state index is 0.0745. The highest BCUT2D eigenvalue weighted by atomic mass is 16.5. The van der Waals surface area contributed by atoms with Gasteiger partial charge >= 0.3 is 0 Å². The van der Waals surface area contributed by atoms with Gasteiger partial charge in [-0.05, 0) is 36.9 Å². The fourth-order valence-electron chi connectivity index (χ4n) is 3.27. The molecule has 0 spiro atoms. The van der Waals surface area contributed by atoms with Gasteiger partial charge in [-0.3, -0.25) is 0 Å². The van der Waals surface area contributed by atoms with Gasteiger partial charge in [-0.15, -0.1) is 0 Å². The lowest BCUT2D eigenvalue weighted by atomic mass is 9.82. The van der Waals surface area contributed by atoms with Gasteiger partial charge in [0.1, 0.15) is 0 Å². The predicted molar refractivity (Wildman–Crippen MR) is 73.8 cm³/mol. The van der Waals surface area contributed by atoms with E-state index < -0.39 is 0 Å². The molecule has 1 aliphatic heterocycles. The van der Waals surface area contributed by atoms with Crippen LogP contribution in [0.4, 0.5) is 0 Å². The van der Waals surface area contributed by atoms with Crippen LogP contribution in [0.3, 0.4) is 0 Å². The van der Waals surface area contributed by atoms with Gasteiger partial charge in [-0.1, -0.05) is 43.5 Å². The van der Waals surface area contributed by atoms with Gasteiger partial charge in [0.25, 0.3) is 0 Å². The second kappa shape index (κ2) is 5.02. The SMILES string of the molecule is CNC1(c2ccc(C3CCCCC3)cc2)COC1. The average molecular weight is 245 g/mol. The van der Waals surface area contributed by atoms with Crippen LogP contribution in [0.1, 0.15) is 49.1 Å². The maximum atomic E-state index is 5.37. The molecule has 0 radical (unpaired) electrons. The predicted octanol–water partition coefficient (Wildman–Crippen LogP) is 3.18. The van der Waals surface area contributed by atoms with E-state index in [2.05, 4.69) is 29.6 Å². The van der Waals surface area contributed by atoms with E-state index >= 15 is 0 Å². The van der Waals surface area contributed by atoms with Gasteiger partial charge in [-0.2, -0.15) is 0 Å². The molecule has 0 atom stereocenters. The van der Waals surface area contributed by atoms with E-state index in [1.807, 2.05) is 7.05 Å². The number of nitrogens with one attached hydrogen (secondary N) is 1. The Bertz CT molecular complexity index is 383. The minimum absolute atomic E-state index is 0.0745. The summed E-state index contributed by atoms with van der Waals surface area (Å²) in [7, 11) is 2.03. The Morgan fingerprint density at radius 3 is 2.22 bits per heavy atom. The first kappa shape index (κ1) is 12.2. The van der Waals surface area contributed by atoms with Crippen LogP contribution in [0, 0.1) is 0 Å². The van der Waals surface area contributed by atoms with Crippen molar-refractivity contribution in [2.75, 3.05) is 20.3 Å². The number of likely N-dealkylation sites (N-methyl/N-ethyl adjacent to an activating group) is 1. The Labute approximate surface area is 110 Å². The highest BCUT2D eigenvalue weighted by Crippen LogP contribution is 2.34. The second-order valence-corrected chi connectivity index (χ2v) is 5.78. The van der Waals surface area contributed by atoms with Crippen molar-refractivity contribution in [2.24, 2.45) is 0 Å². The molecule has 2 fully saturated rings. The third kappa shape index (κ3) is 2.08. The first-order chi connectivity index (χ1) is 8.84. The lowest BCUT2D eigenvalue weighted by Gasteiger charge is -2.41. The van der Waals surface area contributed by atoms with Gasteiger partial charge in [0, 0.05) is 0 Å². The zero-order valence-corrected chi connectivity index (χ0v) is 11.2. The van der Waals surface area contributed by atoms with Crippen molar-refractivity contribution < 1.29 is 4.74 Å². The second-order valence-electron chi connectivity index (χ2n) is 5.78. The van der Waals surface area contributed by atoms with Crippen LogP contribution in [0.25, 0.3) is 0 Å². The van der Waals surface area contributed by atoms with Crippen molar-refractivity contribution in [3.05, 3.63) is 35.4 Å². The van der Waals surface area contributed by atoms with Gasteiger partial charge in [0.05, 0.1) is 18.8 Å². The Balaban J connectivity index is 1.76. The van der Waals surface area contributed by atoms with Crippen LogP contribution in [0.5, 0.6) is 0 Å². The Hall–Kier alpha value is -0.860. The van der Waals surface area contributed by atoms with E-state index in [1.54, 1.807) is 0 Å². The summed E-state index contributed by atoms with van der Waals surface area (Å²) < 4.78 is 5.37. The average Bonchev–Trinajstić information content (AvgIpc) is 2.40.